The van der Waals surface area contributed by atoms with E-state index in [1.807, 2.05) is 31.2 Å². The molecule has 8 N–H and O–H groups in total. The normalized spacial score (nSPS) is 20.9. The van der Waals surface area contributed by atoms with Crippen LogP contribution in [0.1, 0.15) is 16.7 Å². The Morgan fingerprint density at radius 3 is 2.26 bits per heavy atom. The molecule has 2 aromatic carbocycles. The van der Waals surface area contributed by atoms with Crippen LogP contribution in [0.25, 0.3) is 0 Å². The molecular weight excluding hydrogens is 598 g/mol. The lowest BCUT2D eigenvalue weighted by atomic mass is 10.0. The van der Waals surface area contributed by atoms with Gasteiger partial charge in [-0.05, 0) is 24.5 Å². The van der Waals surface area contributed by atoms with E-state index >= 15 is 0 Å². The van der Waals surface area contributed by atoms with Crippen LogP contribution in [0.5, 0.6) is 0 Å². The van der Waals surface area contributed by atoms with Crippen LogP contribution in [0.2, 0.25) is 0 Å². The van der Waals surface area contributed by atoms with Crippen LogP contribution < -0.4 is 32.7 Å². The average molecular weight is 632 g/mol. The van der Waals surface area contributed by atoms with E-state index in [1.54, 1.807) is 0 Å². The van der Waals surface area contributed by atoms with E-state index in [4.69, 9.17) is 11.5 Å². The summed E-state index contributed by atoms with van der Waals surface area (Å²) in [5.41, 5.74) is 13.9. The summed E-state index contributed by atoms with van der Waals surface area (Å²) in [6.45, 7) is 1.43. The fraction of sp³-hybridized carbons (Fsp3) is 0.370. The van der Waals surface area contributed by atoms with Gasteiger partial charge >= 0.3 is 0 Å². The minimum absolute atomic E-state index is 0.0408. The summed E-state index contributed by atoms with van der Waals surface area (Å²) in [5, 5.41) is 21.1. The highest BCUT2D eigenvalue weighted by atomic mass is 33.1. The van der Waals surface area contributed by atoms with Gasteiger partial charge in [-0.15, -0.1) is 0 Å². The molecule has 0 aliphatic carbocycles. The van der Waals surface area contributed by atoms with Crippen molar-refractivity contribution in [3.63, 3.8) is 0 Å². The maximum absolute atomic E-state index is 13.1. The molecule has 16 heteroatoms. The number of hydrogen-bond donors (Lipinski definition) is 6. The number of rotatable bonds is 8. The average Bonchev–Trinajstić information content (AvgIpc) is 2.97. The third-order valence-corrected chi connectivity index (χ3v) is 8.84. The summed E-state index contributed by atoms with van der Waals surface area (Å²) in [6, 6.07) is 8.68. The summed E-state index contributed by atoms with van der Waals surface area (Å²) in [4.78, 5) is 74.2. The minimum Gasteiger partial charge on any atom is -0.368 e. The van der Waals surface area contributed by atoms with Gasteiger partial charge in [-0.2, -0.15) is 0 Å². The molecule has 4 atom stereocenters. The van der Waals surface area contributed by atoms with E-state index in [9.17, 15) is 34.1 Å². The number of nitrogens with zero attached hydrogens (tertiary/aromatic N) is 1. The number of nitrogens with two attached hydrogens (primary N) is 2. The first-order valence-electron chi connectivity index (χ1n) is 13.2. The third kappa shape index (κ3) is 10.6. The first kappa shape index (κ1) is 33.4. The monoisotopic (exact) mass is 631 g/mol. The molecule has 0 saturated carbocycles. The molecule has 43 heavy (non-hydrogen) atoms. The van der Waals surface area contributed by atoms with Crippen molar-refractivity contribution in [2.24, 2.45) is 11.5 Å². The van der Waals surface area contributed by atoms with Crippen LogP contribution in [0.3, 0.4) is 0 Å². The molecule has 1 aliphatic rings. The molecule has 0 unspecified atom stereocenters. The number of nitro groups is 1. The van der Waals surface area contributed by atoms with Crippen LogP contribution in [0.4, 0.5) is 5.69 Å². The van der Waals surface area contributed by atoms with E-state index in [0.717, 1.165) is 21.9 Å². The Morgan fingerprint density at radius 2 is 1.63 bits per heavy atom. The number of hydrogen-bond acceptors (Lipinski definition) is 10. The van der Waals surface area contributed by atoms with Gasteiger partial charge in [0.1, 0.15) is 18.1 Å². The SMILES string of the molecule is Cc1ccc(C[C@H](N)C(=O)N[C@@H]2CSSC[C@H](C(N)=O)NC(=O)[C@H](Cc3ccc([N+](=O)[O-])cc3)NC(=O)CNC2=O)cc1. The predicted molar refractivity (Wildman–Crippen MR) is 163 cm³/mol. The number of non-ortho nitro benzene ring substituents is 1. The van der Waals surface area contributed by atoms with Crippen molar-refractivity contribution in [3.8, 4) is 0 Å². The summed E-state index contributed by atoms with van der Waals surface area (Å²) in [6.07, 6.45) is 0.190. The highest BCUT2D eigenvalue weighted by molar-refractivity contribution is 8.76. The van der Waals surface area contributed by atoms with E-state index in [1.165, 1.54) is 35.1 Å². The van der Waals surface area contributed by atoms with E-state index < -0.39 is 65.2 Å². The van der Waals surface area contributed by atoms with E-state index in [-0.39, 0.29) is 30.0 Å². The smallest absolute Gasteiger partial charge is 0.269 e. The Bertz CT molecular complexity index is 1340. The van der Waals surface area contributed by atoms with Gasteiger partial charge in [-0.25, -0.2) is 0 Å². The molecule has 1 aliphatic heterocycles. The second-order valence-corrected chi connectivity index (χ2v) is 12.4. The maximum atomic E-state index is 13.1. The largest absolute Gasteiger partial charge is 0.368 e. The number of nitro benzene ring substituents is 1. The molecule has 0 aromatic heterocycles. The number of carbonyl (C=O) groups excluding carboxylic acids is 5. The predicted octanol–water partition coefficient (Wildman–Crippen LogP) is -0.533. The first-order valence-corrected chi connectivity index (χ1v) is 15.7. The lowest BCUT2D eigenvalue weighted by Crippen LogP contribution is -2.57. The Morgan fingerprint density at radius 1 is 1.00 bits per heavy atom. The molecule has 2 aromatic rings. The van der Waals surface area contributed by atoms with Crippen LogP contribution in [-0.2, 0) is 36.8 Å². The number of nitrogens with one attached hydrogen (secondary N) is 4. The molecule has 5 amide bonds. The quantitative estimate of drug-likeness (QED) is 0.124. The first-order chi connectivity index (χ1) is 20.4. The molecule has 230 valence electrons. The Hall–Kier alpha value is -4.15. The highest BCUT2D eigenvalue weighted by Crippen LogP contribution is 2.23. The van der Waals surface area contributed by atoms with Gasteiger partial charge in [-0.3, -0.25) is 34.1 Å². The van der Waals surface area contributed by atoms with E-state index in [0.29, 0.717) is 5.56 Å². The van der Waals surface area contributed by atoms with Crippen LogP contribution >= 0.6 is 21.6 Å². The van der Waals surface area contributed by atoms with Crippen LogP contribution in [0.15, 0.2) is 48.5 Å². The molecule has 1 heterocycles. The fourth-order valence-corrected chi connectivity index (χ4v) is 6.31. The van der Waals surface area contributed by atoms with Gasteiger partial charge in [0.25, 0.3) is 5.69 Å². The van der Waals surface area contributed by atoms with Gasteiger partial charge in [0, 0.05) is 30.1 Å². The van der Waals surface area contributed by atoms with Crippen molar-refractivity contribution in [1.29, 1.82) is 0 Å². The molecule has 1 saturated heterocycles. The number of amides is 5. The maximum Gasteiger partial charge on any atom is 0.269 e. The Balaban J connectivity index is 1.72. The van der Waals surface area contributed by atoms with Crippen molar-refractivity contribution in [2.45, 2.75) is 43.9 Å². The summed E-state index contributed by atoms with van der Waals surface area (Å²) in [5.74, 6) is -3.30. The zero-order valence-corrected chi connectivity index (χ0v) is 24.9. The van der Waals surface area contributed by atoms with Crippen molar-refractivity contribution >= 4 is 56.8 Å². The fourth-order valence-electron chi connectivity index (χ4n) is 3.97. The molecular formula is C27H33N7O7S2. The Labute approximate surface area is 255 Å². The molecule has 0 spiro atoms. The topological polar surface area (TPSA) is 229 Å². The molecule has 0 radical (unpaired) electrons. The highest BCUT2D eigenvalue weighted by Gasteiger charge is 2.29. The zero-order valence-electron chi connectivity index (χ0n) is 23.2. The molecule has 3 rings (SSSR count). The minimum atomic E-state index is -1.19. The zero-order chi connectivity index (χ0) is 31.5. The van der Waals surface area contributed by atoms with Crippen molar-refractivity contribution in [1.82, 2.24) is 21.3 Å². The van der Waals surface area contributed by atoms with Gasteiger partial charge in [-0.1, -0.05) is 63.5 Å². The number of benzene rings is 2. The lowest BCUT2D eigenvalue weighted by Gasteiger charge is -2.24. The van der Waals surface area contributed by atoms with Crippen molar-refractivity contribution in [2.75, 3.05) is 18.1 Å². The standard InChI is InChI=1S/C27H33N7O7S2/c1-15-2-4-16(5-3-15)10-19(28)25(37)33-22-14-43-42-13-21(24(29)36)32-27(39)20(31-23(35)12-30-26(22)38)11-17-6-8-18(9-7-17)34(40)41/h2-9,19-22H,10-14,28H2,1H3,(H2,29,36)(H,30,38)(H,31,35)(H,32,39)(H,33,37)/t19-,20-,21+,22+/m0/s1. The van der Waals surface area contributed by atoms with Crippen molar-refractivity contribution < 1.29 is 28.9 Å². The summed E-state index contributed by atoms with van der Waals surface area (Å²) in [7, 11) is 2.33. The number of aryl methyl sites for hydroxylation is 1. The molecule has 0 bridgehead atoms. The Kier molecular flexibility index (Phi) is 12.3. The second kappa shape index (κ2) is 15.9. The third-order valence-electron chi connectivity index (χ3n) is 6.42. The molecule has 1 fully saturated rings. The van der Waals surface area contributed by atoms with Gasteiger partial charge < -0.3 is 32.7 Å². The lowest BCUT2D eigenvalue weighted by molar-refractivity contribution is -0.384. The van der Waals surface area contributed by atoms with Gasteiger partial charge in [0.15, 0.2) is 0 Å². The van der Waals surface area contributed by atoms with Gasteiger partial charge in [0.2, 0.25) is 29.5 Å². The van der Waals surface area contributed by atoms with E-state index in [2.05, 4.69) is 21.3 Å². The number of primary amides is 1. The van der Waals surface area contributed by atoms with Gasteiger partial charge in [0.05, 0.1) is 17.5 Å². The summed E-state index contributed by atoms with van der Waals surface area (Å²) < 4.78 is 0. The van der Waals surface area contributed by atoms with Crippen molar-refractivity contribution in [3.05, 3.63) is 75.3 Å². The van der Waals surface area contributed by atoms with Crippen LogP contribution in [0, 0.1) is 17.0 Å². The molecule has 14 nitrogen and oxygen atoms in total. The summed E-state index contributed by atoms with van der Waals surface area (Å²) >= 11 is 0. The second-order valence-electron chi connectivity index (χ2n) is 9.86. The number of carbonyl (C=O) groups is 5. The van der Waals surface area contributed by atoms with Crippen LogP contribution in [-0.4, -0.2) is 76.7 Å².